The molecule has 2 heterocycles. The molecule has 0 saturated heterocycles. The molecule has 1 aliphatic rings. The van der Waals surface area contributed by atoms with Crippen molar-refractivity contribution in [2.24, 2.45) is 7.05 Å². The quantitative estimate of drug-likeness (QED) is 0.462. The molecule has 1 saturated carbocycles. The van der Waals surface area contributed by atoms with Gasteiger partial charge in [0.2, 0.25) is 11.7 Å². The zero-order chi connectivity index (χ0) is 25.4. The summed E-state index contributed by atoms with van der Waals surface area (Å²) in [4.78, 5) is 53.6. The lowest BCUT2D eigenvalue weighted by molar-refractivity contribution is -0.119. The van der Waals surface area contributed by atoms with Crippen LogP contribution in [0.15, 0.2) is 58.1 Å². The largest absolute Gasteiger partial charge is 0.352 e. The van der Waals surface area contributed by atoms with Crippen LogP contribution in [-0.4, -0.2) is 43.7 Å². The van der Waals surface area contributed by atoms with Gasteiger partial charge in [-0.05, 0) is 43.2 Å². The molecule has 0 bridgehead atoms. The number of hydrogen-bond donors (Lipinski definition) is 1. The molecule has 2 amide bonds. The van der Waals surface area contributed by atoms with Crippen LogP contribution in [0.3, 0.4) is 0 Å². The van der Waals surface area contributed by atoms with Crippen molar-refractivity contribution in [1.29, 1.82) is 0 Å². The topological polar surface area (TPSA) is 111 Å². The van der Waals surface area contributed by atoms with Crippen LogP contribution in [-0.2, 0) is 18.4 Å². The number of aromatic nitrogens is 4. The first-order valence-corrected chi connectivity index (χ1v) is 12.1. The van der Waals surface area contributed by atoms with Crippen molar-refractivity contribution in [2.45, 2.75) is 44.7 Å². The van der Waals surface area contributed by atoms with Gasteiger partial charge in [0.15, 0.2) is 0 Å². The number of carbonyl (C=O) groups excluding carboxylic acids is 2. The summed E-state index contributed by atoms with van der Waals surface area (Å²) in [5, 5.41) is 7.64. The summed E-state index contributed by atoms with van der Waals surface area (Å²) in [6, 6.07) is 13.9. The van der Waals surface area contributed by atoms with Gasteiger partial charge in [0.1, 0.15) is 6.54 Å². The number of aryl methyl sites for hydroxylation is 1. The van der Waals surface area contributed by atoms with Crippen molar-refractivity contribution in [3.63, 3.8) is 0 Å². The minimum absolute atomic E-state index is 0.0949. The molecule has 0 unspecified atom stereocenters. The first kappa shape index (κ1) is 23.5. The number of anilines is 1. The van der Waals surface area contributed by atoms with Crippen molar-refractivity contribution < 1.29 is 9.59 Å². The fourth-order valence-corrected chi connectivity index (χ4v) is 4.78. The van der Waals surface area contributed by atoms with Gasteiger partial charge in [-0.1, -0.05) is 37.5 Å². The van der Waals surface area contributed by atoms with Crippen LogP contribution in [0.5, 0.6) is 0 Å². The highest BCUT2D eigenvalue weighted by Gasteiger charge is 2.21. The van der Waals surface area contributed by atoms with Crippen LogP contribution in [0.1, 0.15) is 42.5 Å². The van der Waals surface area contributed by atoms with E-state index in [-0.39, 0.29) is 46.6 Å². The third-order valence-electron chi connectivity index (χ3n) is 6.90. The Bertz CT molecular complexity index is 1580. The molecule has 10 heteroatoms. The fourth-order valence-electron chi connectivity index (χ4n) is 4.78. The number of benzene rings is 2. The van der Waals surface area contributed by atoms with E-state index < -0.39 is 5.69 Å². The smallest absolute Gasteiger partial charge is 0.349 e. The van der Waals surface area contributed by atoms with Crippen molar-refractivity contribution >= 4 is 34.2 Å². The molecule has 0 aliphatic heterocycles. The molecule has 1 aliphatic carbocycles. The van der Waals surface area contributed by atoms with E-state index in [1.54, 1.807) is 37.4 Å². The Morgan fingerprint density at radius 3 is 2.50 bits per heavy atom. The molecule has 186 valence electrons. The summed E-state index contributed by atoms with van der Waals surface area (Å²) in [5.74, 6) is -0.483. The predicted octanol–water partition coefficient (Wildman–Crippen LogP) is 2.07. The van der Waals surface area contributed by atoms with Crippen molar-refractivity contribution in [3.05, 3.63) is 74.9 Å². The first-order valence-electron chi connectivity index (χ1n) is 12.1. The van der Waals surface area contributed by atoms with Crippen LogP contribution in [0.2, 0.25) is 0 Å². The lowest BCUT2D eigenvalue weighted by atomic mass is 9.95. The maximum Gasteiger partial charge on any atom is 0.352 e. The Morgan fingerprint density at radius 2 is 1.78 bits per heavy atom. The summed E-state index contributed by atoms with van der Waals surface area (Å²) in [6.45, 7) is -0.302. The van der Waals surface area contributed by atoms with E-state index in [4.69, 9.17) is 0 Å². The number of hydrogen-bond acceptors (Lipinski definition) is 5. The molecule has 5 rings (SSSR count). The Morgan fingerprint density at radius 1 is 1.06 bits per heavy atom. The standard InChI is InChI=1S/C26H28N6O4/c1-29(19-11-7-4-8-12-19)22(33)16-31-26(36)32-21-15-17(23(34)27-18-9-5-3-6-10-18)13-14-20(21)24(35)30(2)25(32)28-31/h4,7-8,11-15,18H,3,5-6,9-10,16H2,1-2H3,(H,27,34). The number of nitrogens with one attached hydrogen (secondary N) is 1. The minimum Gasteiger partial charge on any atom is -0.349 e. The summed E-state index contributed by atoms with van der Waals surface area (Å²) < 4.78 is 3.60. The molecule has 0 spiro atoms. The molecular weight excluding hydrogens is 460 g/mol. The van der Waals surface area contributed by atoms with Crippen LogP contribution in [0.25, 0.3) is 16.7 Å². The SMILES string of the molecule is CN(C(=O)Cn1nc2n(C)c(=O)c3ccc(C(=O)NC4CCCCC4)cc3n2c1=O)c1ccccc1. The Kier molecular flexibility index (Phi) is 6.17. The molecule has 4 aromatic rings. The van der Waals surface area contributed by atoms with Gasteiger partial charge < -0.3 is 10.2 Å². The zero-order valence-corrected chi connectivity index (χ0v) is 20.3. The van der Waals surface area contributed by atoms with E-state index >= 15 is 0 Å². The van der Waals surface area contributed by atoms with Crippen molar-refractivity contribution in [2.75, 3.05) is 11.9 Å². The Balaban J connectivity index is 1.54. The molecule has 1 fully saturated rings. The van der Waals surface area contributed by atoms with Crippen molar-refractivity contribution in [3.8, 4) is 0 Å². The van der Waals surface area contributed by atoms with Crippen molar-refractivity contribution in [1.82, 2.24) is 24.1 Å². The molecule has 0 atom stereocenters. The van der Waals surface area contributed by atoms with Crippen LogP contribution < -0.4 is 21.5 Å². The lowest BCUT2D eigenvalue weighted by Gasteiger charge is -2.22. The van der Waals surface area contributed by atoms with Crippen LogP contribution >= 0.6 is 0 Å². The van der Waals surface area contributed by atoms with E-state index in [9.17, 15) is 19.2 Å². The van der Waals surface area contributed by atoms with E-state index in [1.165, 1.54) is 27.3 Å². The highest BCUT2D eigenvalue weighted by Crippen LogP contribution is 2.19. The molecule has 1 N–H and O–H groups in total. The predicted molar refractivity (Wildman–Crippen MR) is 136 cm³/mol. The monoisotopic (exact) mass is 488 g/mol. The highest BCUT2D eigenvalue weighted by molar-refractivity contribution is 5.98. The van der Waals surface area contributed by atoms with E-state index in [2.05, 4.69) is 10.4 Å². The third-order valence-corrected chi connectivity index (χ3v) is 6.90. The highest BCUT2D eigenvalue weighted by atomic mass is 16.2. The van der Waals surface area contributed by atoms with E-state index in [0.29, 0.717) is 11.3 Å². The van der Waals surface area contributed by atoms with Crippen LogP contribution in [0, 0.1) is 0 Å². The Labute approximate surface area is 206 Å². The number of carbonyl (C=O) groups is 2. The number of fused-ring (bicyclic) bond motifs is 3. The maximum absolute atomic E-state index is 13.4. The zero-order valence-electron chi connectivity index (χ0n) is 20.3. The molecule has 0 radical (unpaired) electrons. The average Bonchev–Trinajstić information content (AvgIpc) is 3.23. The Hall–Kier alpha value is -4.21. The number of para-hydroxylation sites is 1. The number of nitrogens with zero attached hydrogens (tertiary/aromatic N) is 5. The van der Waals surface area contributed by atoms with Gasteiger partial charge in [-0.15, -0.1) is 5.10 Å². The summed E-state index contributed by atoms with van der Waals surface area (Å²) in [7, 11) is 3.15. The van der Waals surface area contributed by atoms with E-state index in [1.807, 2.05) is 18.2 Å². The minimum atomic E-state index is -0.565. The van der Waals surface area contributed by atoms with Gasteiger partial charge in [0, 0.05) is 31.4 Å². The van der Waals surface area contributed by atoms with E-state index in [0.717, 1.165) is 30.4 Å². The summed E-state index contributed by atoms with van der Waals surface area (Å²) >= 11 is 0. The normalized spacial score (nSPS) is 14.3. The maximum atomic E-state index is 13.4. The van der Waals surface area contributed by atoms with Gasteiger partial charge in [0.05, 0.1) is 10.9 Å². The first-order chi connectivity index (χ1) is 17.3. The molecule has 2 aromatic heterocycles. The number of amides is 2. The second-order valence-corrected chi connectivity index (χ2v) is 9.27. The molecule has 2 aromatic carbocycles. The van der Waals surface area contributed by atoms with Gasteiger partial charge in [-0.25, -0.2) is 13.9 Å². The number of rotatable bonds is 5. The van der Waals surface area contributed by atoms with Gasteiger partial charge in [-0.3, -0.25) is 19.0 Å². The van der Waals surface area contributed by atoms with Gasteiger partial charge >= 0.3 is 5.69 Å². The fraction of sp³-hybridized carbons (Fsp3) is 0.346. The second kappa shape index (κ2) is 9.44. The second-order valence-electron chi connectivity index (χ2n) is 9.27. The number of likely N-dealkylation sites (N-methyl/N-ethyl adjacent to an activating group) is 1. The third kappa shape index (κ3) is 4.19. The molecule has 10 nitrogen and oxygen atoms in total. The van der Waals surface area contributed by atoms with Crippen LogP contribution in [0.4, 0.5) is 5.69 Å². The molecular formula is C26H28N6O4. The van der Waals surface area contributed by atoms with Gasteiger partial charge in [-0.2, -0.15) is 0 Å². The lowest BCUT2D eigenvalue weighted by Crippen LogP contribution is -2.36. The molecule has 36 heavy (non-hydrogen) atoms. The average molecular weight is 489 g/mol. The summed E-state index contributed by atoms with van der Waals surface area (Å²) in [6.07, 6.45) is 5.25. The van der Waals surface area contributed by atoms with Gasteiger partial charge in [0.25, 0.3) is 11.5 Å². The summed E-state index contributed by atoms with van der Waals surface area (Å²) in [5.41, 5.74) is 0.421.